The predicted octanol–water partition coefficient (Wildman–Crippen LogP) is 3.71. The van der Waals surface area contributed by atoms with Crippen molar-refractivity contribution in [2.75, 3.05) is 6.61 Å². The minimum Gasteiger partial charge on any atom is -0.461 e. The van der Waals surface area contributed by atoms with Crippen molar-refractivity contribution in [2.45, 2.75) is 46.6 Å². The summed E-state index contributed by atoms with van der Waals surface area (Å²) < 4.78 is 6.89. The van der Waals surface area contributed by atoms with E-state index >= 15 is 0 Å². The second-order valence-corrected chi connectivity index (χ2v) is 6.53. The van der Waals surface area contributed by atoms with Gasteiger partial charge in [0.15, 0.2) is 0 Å². The monoisotopic (exact) mass is 300 g/mol. The smallest absolute Gasteiger partial charge is 0.356 e. The number of hydrogen-bond acceptors (Lipinski definition) is 3. The molecule has 1 aromatic carbocycles. The van der Waals surface area contributed by atoms with E-state index in [9.17, 15) is 4.79 Å². The third-order valence-electron chi connectivity index (χ3n) is 3.49. The molecule has 0 fully saturated rings. The Kier molecular flexibility index (Phi) is 4.69. The molecule has 118 valence electrons. The average Bonchev–Trinajstić information content (AvgIpc) is 2.86. The van der Waals surface area contributed by atoms with Crippen LogP contribution in [-0.4, -0.2) is 22.4 Å². The van der Waals surface area contributed by atoms with E-state index in [1.54, 1.807) is 4.68 Å². The number of aryl methyl sites for hydroxylation is 1. The van der Waals surface area contributed by atoms with Gasteiger partial charge in [0, 0.05) is 5.41 Å². The van der Waals surface area contributed by atoms with E-state index in [4.69, 9.17) is 4.74 Å². The fraction of sp³-hybridized carbons (Fsp3) is 0.444. The van der Waals surface area contributed by atoms with Crippen LogP contribution in [0.1, 0.15) is 55.0 Å². The number of carbonyl (C=O) groups is 1. The molecule has 0 aliphatic carbocycles. The standard InChI is InChI=1S/C18H24N2O2/c1-6-22-17(21)15-11-16(18(3,4)5)19-20(15)12-14-9-7-13(2)8-10-14/h7-11H,6,12H2,1-5H3. The van der Waals surface area contributed by atoms with Crippen LogP contribution in [-0.2, 0) is 16.7 Å². The zero-order valence-corrected chi connectivity index (χ0v) is 14.0. The molecule has 22 heavy (non-hydrogen) atoms. The van der Waals surface area contributed by atoms with Gasteiger partial charge in [-0.1, -0.05) is 50.6 Å². The van der Waals surface area contributed by atoms with Gasteiger partial charge in [0.25, 0.3) is 0 Å². The van der Waals surface area contributed by atoms with Crippen molar-refractivity contribution in [1.29, 1.82) is 0 Å². The van der Waals surface area contributed by atoms with Gasteiger partial charge >= 0.3 is 5.97 Å². The highest BCUT2D eigenvalue weighted by molar-refractivity contribution is 5.87. The number of benzene rings is 1. The number of esters is 1. The molecule has 0 atom stereocenters. The molecule has 0 radical (unpaired) electrons. The van der Waals surface area contributed by atoms with Crippen LogP contribution in [0, 0.1) is 6.92 Å². The van der Waals surface area contributed by atoms with Crippen LogP contribution in [0.4, 0.5) is 0 Å². The SMILES string of the molecule is CCOC(=O)c1cc(C(C)(C)C)nn1Cc1ccc(C)cc1. The van der Waals surface area contributed by atoms with Crippen molar-refractivity contribution in [3.63, 3.8) is 0 Å². The lowest BCUT2D eigenvalue weighted by atomic mass is 9.92. The van der Waals surface area contributed by atoms with Crippen LogP contribution in [0.3, 0.4) is 0 Å². The van der Waals surface area contributed by atoms with Crippen molar-refractivity contribution in [3.8, 4) is 0 Å². The molecule has 0 bridgehead atoms. The third kappa shape index (κ3) is 3.75. The van der Waals surface area contributed by atoms with Gasteiger partial charge in [-0.2, -0.15) is 5.10 Å². The summed E-state index contributed by atoms with van der Waals surface area (Å²) in [5.41, 5.74) is 3.61. The molecular formula is C18H24N2O2. The van der Waals surface area contributed by atoms with Gasteiger partial charge in [-0.05, 0) is 25.5 Å². The number of carbonyl (C=O) groups excluding carboxylic acids is 1. The highest BCUT2D eigenvalue weighted by atomic mass is 16.5. The largest absolute Gasteiger partial charge is 0.461 e. The summed E-state index contributed by atoms with van der Waals surface area (Å²) in [4.78, 5) is 12.2. The zero-order chi connectivity index (χ0) is 16.3. The molecule has 0 saturated heterocycles. The van der Waals surface area contributed by atoms with E-state index in [2.05, 4.69) is 57.1 Å². The lowest BCUT2D eigenvalue weighted by Crippen LogP contribution is -2.15. The lowest BCUT2D eigenvalue weighted by Gasteiger charge is -2.14. The van der Waals surface area contributed by atoms with Crippen LogP contribution in [0.25, 0.3) is 0 Å². The molecule has 0 aliphatic rings. The highest BCUT2D eigenvalue weighted by Crippen LogP contribution is 2.22. The molecule has 1 heterocycles. The number of ether oxygens (including phenoxy) is 1. The Morgan fingerprint density at radius 2 is 1.86 bits per heavy atom. The molecule has 2 rings (SSSR count). The molecule has 0 saturated carbocycles. The number of nitrogens with zero attached hydrogens (tertiary/aromatic N) is 2. The maximum absolute atomic E-state index is 12.2. The van der Waals surface area contributed by atoms with Crippen molar-refractivity contribution < 1.29 is 9.53 Å². The molecular weight excluding hydrogens is 276 g/mol. The zero-order valence-electron chi connectivity index (χ0n) is 14.0. The number of rotatable bonds is 4. The Morgan fingerprint density at radius 1 is 1.23 bits per heavy atom. The summed E-state index contributed by atoms with van der Waals surface area (Å²) >= 11 is 0. The van der Waals surface area contributed by atoms with Gasteiger partial charge in [-0.15, -0.1) is 0 Å². The summed E-state index contributed by atoms with van der Waals surface area (Å²) in [5, 5.41) is 4.62. The maximum atomic E-state index is 12.2. The Bertz CT molecular complexity index is 649. The number of hydrogen-bond donors (Lipinski definition) is 0. The Hall–Kier alpha value is -2.10. The molecule has 0 spiro atoms. The van der Waals surface area contributed by atoms with Gasteiger partial charge in [-0.3, -0.25) is 4.68 Å². The molecule has 0 unspecified atom stereocenters. The average molecular weight is 300 g/mol. The molecule has 0 aliphatic heterocycles. The van der Waals surface area contributed by atoms with Crippen LogP contribution < -0.4 is 0 Å². The minimum atomic E-state index is -0.322. The summed E-state index contributed by atoms with van der Waals surface area (Å²) in [6, 6.07) is 10.1. The third-order valence-corrected chi connectivity index (χ3v) is 3.49. The van der Waals surface area contributed by atoms with Gasteiger partial charge in [0.2, 0.25) is 0 Å². The van der Waals surface area contributed by atoms with Crippen LogP contribution >= 0.6 is 0 Å². The van der Waals surface area contributed by atoms with Gasteiger partial charge in [-0.25, -0.2) is 4.79 Å². The number of aromatic nitrogens is 2. The highest BCUT2D eigenvalue weighted by Gasteiger charge is 2.23. The molecule has 4 heteroatoms. The van der Waals surface area contributed by atoms with Crippen LogP contribution in [0.2, 0.25) is 0 Å². The summed E-state index contributed by atoms with van der Waals surface area (Å²) in [6.45, 7) is 11.0. The van der Waals surface area contributed by atoms with Crippen LogP contribution in [0.15, 0.2) is 30.3 Å². The van der Waals surface area contributed by atoms with Crippen molar-refractivity contribution in [3.05, 3.63) is 52.8 Å². The first-order chi connectivity index (χ1) is 10.3. The van der Waals surface area contributed by atoms with Crippen LogP contribution in [0.5, 0.6) is 0 Å². The first kappa shape index (κ1) is 16.3. The molecule has 1 aromatic heterocycles. The fourth-order valence-corrected chi connectivity index (χ4v) is 2.14. The van der Waals surface area contributed by atoms with Crippen molar-refractivity contribution in [1.82, 2.24) is 9.78 Å². The van der Waals surface area contributed by atoms with E-state index in [0.717, 1.165) is 11.3 Å². The van der Waals surface area contributed by atoms with Gasteiger partial charge < -0.3 is 4.74 Å². The van der Waals surface area contributed by atoms with Crippen molar-refractivity contribution in [2.24, 2.45) is 0 Å². The second-order valence-electron chi connectivity index (χ2n) is 6.53. The normalized spacial score (nSPS) is 11.5. The first-order valence-corrected chi connectivity index (χ1v) is 7.62. The fourth-order valence-electron chi connectivity index (χ4n) is 2.14. The van der Waals surface area contributed by atoms with Gasteiger partial charge in [0.05, 0.1) is 18.8 Å². The first-order valence-electron chi connectivity index (χ1n) is 7.62. The summed E-state index contributed by atoms with van der Waals surface area (Å²) in [7, 11) is 0. The van der Waals surface area contributed by atoms with E-state index in [1.807, 2.05) is 13.0 Å². The molecule has 2 aromatic rings. The maximum Gasteiger partial charge on any atom is 0.356 e. The van der Waals surface area contributed by atoms with E-state index in [-0.39, 0.29) is 11.4 Å². The summed E-state index contributed by atoms with van der Waals surface area (Å²) in [6.07, 6.45) is 0. The van der Waals surface area contributed by atoms with Crippen molar-refractivity contribution >= 4 is 5.97 Å². The predicted molar refractivity (Wildman–Crippen MR) is 87.2 cm³/mol. The molecule has 4 nitrogen and oxygen atoms in total. The van der Waals surface area contributed by atoms with Gasteiger partial charge in [0.1, 0.15) is 5.69 Å². The Morgan fingerprint density at radius 3 is 2.41 bits per heavy atom. The van der Waals surface area contributed by atoms with E-state index in [1.165, 1.54) is 5.56 Å². The molecule has 0 amide bonds. The Balaban J connectivity index is 2.37. The lowest BCUT2D eigenvalue weighted by molar-refractivity contribution is 0.0512. The topological polar surface area (TPSA) is 44.1 Å². The quantitative estimate of drug-likeness (QED) is 0.808. The Labute approximate surface area is 132 Å². The molecule has 0 N–H and O–H groups in total. The minimum absolute atomic E-state index is 0.111. The van der Waals surface area contributed by atoms with E-state index in [0.29, 0.717) is 18.8 Å². The second kappa shape index (κ2) is 6.34. The van der Waals surface area contributed by atoms with E-state index < -0.39 is 0 Å². The summed E-state index contributed by atoms with van der Waals surface area (Å²) in [5.74, 6) is -0.322.